The van der Waals surface area contributed by atoms with Crippen molar-refractivity contribution in [3.05, 3.63) is 161 Å². The number of hydrazone groups is 1. The first-order chi connectivity index (χ1) is 20.5. The first kappa shape index (κ1) is 27.1. The minimum Gasteiger partial charge on any atom is -0.485 e. The van der Waals surface area contributed by atoms with E-state index in [2.05, 4.69) is 0 Å². The summed E-state index contributed by atoms with van der Waals surface area (Å²) in [5.74, 6) is -0.668. The van der Waals surface area contributed by atoms with Crippen LogP contribution in [0.15, 0.2) is 126 Å². The fourth-order valence-corrected chi connectivity index (χ4v) is 4.91. The summed E-state index contributed by atoms with van der Waals surface area (Å²) in [6, 6.07) is 34.3. The number of anilines is 1. The number of hydrogen-bond acceptors (Lipinski definition) is 4. The number of benzene rings is 5. The van der Waals surface area contributed by atoms with Gasteiger partial charge in [0.05, 0.1) is 17.4 Å². The minimum absolute atomic E-state index is 0.134. The van der Waals surface area contributed by atoms with Gasteiger partial charge in [-0.1, -0.05) is 78.9 Å². The molecule has 4 nitrogen and oxygen atoms in total. The molecule has 0 saturated heterocycles. The summed E-state index contributed by atoms with van der Waals surface area (Å²) in [6.45, 7) is 0.681. The van der Waals surface area contributed by atoms with E-state index in [1.165, 1.54) is 24.3 Å². The summed E-state index contributed by atoms with van der Waals surface area (Å²) in [5, 5.41) is 6.27. The number of hydrogen-bond donors (Lipinski definition) is 0. The minimum atomic E-state index is -0.729. The standard InChI is InChI=1S/C35H27F3N2O2/c36-28-14-11-26(12-15-28)31-21-33(40(39-31)32-17-16-29(37)20-30(32)38)27-13-18-34(41-22-24-7-3-1-4-8-24)35(19-27)42-23-25-9-5-2-6-10-25/h1-20,33H,21-23H2. The van der Waals surface area contributed by atoms with Crippen molar-refractivity contribution in [1.82, 2.24) is 0 Å². The molecule has 0 spiro atoms. The molecular weight excluding hydrogens is 537 g/mol. The molecule has 42 heavy (non-hydrogen) atoms. The van der Waals surface area contributed by atoms with Crippen LogP contribution in [0.2, 0.25) is 0 Å². The summed E-state index contributed by atoms with van der Waals surface area (Å²) in [4.78, 5) is 0. The molecule has 1 aliphatic heterocycles. The Morgan fingerprint density at radius 2 is 1.26 bits per heavy atom. The molecule has 1 atom stereocenters. The monoisotopic (exact) mass is 564 g/mol. The molecule has 1 aliphatic rings. The third kappa shape index (κ3) is 6.15. The van der Waals surface area contributed by atoms with E-state index in [4.69, 9.17) is 14.6 Å². The van der Waals surface area contributed by atoms with E-state index in [0.717, 1.165) is 28.3 Å². The third-order valence-electron chi connectivity index (χ3n) is 7.07. The van der Waals surface area contributed by atoms with Gasteiger partial charge in [-0.15, -0.1) is 0 Å². The van der Waals surface area contributed by atoms with Crippen molar-refractivity contribution in [1.29, 1.82) is 0 Å². The maximum absolute atomic E-state index is 15.0. The average Bonchev–Trinajstić information content (AvgIpc) is 3.46. The summed E-state index contributed by atoms with van der Waals surface area (Å²) in [6.07, 6.45) is 0.408. The van der Waals surface area contributed by atoms with Crippen LogP contribution in [0.3, 0.4) is 0 Å². The highest BCUT2D eigenvalue weighted by Crippen LogP contribution is 2.41. The lowest BCUT2D eigenvalue weighted by Crippen LogP contribution is -2.20. The number of rotatable bonds is 9. The fourth-order valence-electron chi connectivity index (χ4n) is 4.91. The van der Waals surface area contributed by atoms with Crippen LogP contribution in [-0.4, -0.2) is 5.71 Å². The van der Waals surface area contributed by atoms with E-state index in [0.29, 0.717) is 36.8 Å². The predicted molar refractivity (Wildman–Crippen MR) is 157 cm³/mol. The van der Waals surface area contributed by atoms with Gasteiger partial charge in [0.2, 0.25) is 0 Å². The van der Waals surface area contributed by atoms with Gasteiger partial charge in [-0.2, -0.15) is 5.10 Å². The van der Waals surface area contributed by atoms with E-state index in [1.54, 1.807) is 17.1 Å². The Balaban J connectivity index is 1.35. The van der Waals surface area contributed by atoms with Crippen LogP contribution in [0.4, 0.5) is 18.9 Å². The Hall–Kier alpha value is -5.04. The summed E-state index contributed by atoms with van der Waals surface area (Å²) in [5.41, 5.74) is 4.32. The van der Waals surface area contributed by atoms with Crippen molar-refractivity contribution in [2.75, 3.05) is 5.01 Å². The summed E-state index contributed by atoms with van der Waals surface area (Å²) in [7, 11) is 0. The van der Waals surface area contributed by atoms with E-state index in [9.17, 15) is 8.78 Å². The molecule has 1 unspecified atom stereocenters. The molecule has 0 fully saturated rings. The molecule has 0 aliphatic carbocycles. The normalized spacial score (nSPS) is 14.5. The van der Waals surface area contributed by atoms with Crippen LogP contribution in [0.1, 0.15) is 34.7 Å². The largest absolute Gasteiger partial charge is 0.485 e. The number of ether oxygens (including phenoxy) is 2. The van der Waals surface area contributed by atoms with Gasteiger partial charge in [0.25, 0.3) is 0 Å². The maximum Gasteiger partial charge on any atom is 0.162 e. The van der Waals surface area contributed by atoms with Gasteiger partial charge < -0.3 is 9.47 Å². The molecule has 6 rings (SSSR count). The Morgan fingerprint density at radius 1 is 0.643 bits per heavy atom. The molecule has 5 aromatic rings. The molecule has 1 heterocycles. The van der Waals surface area contributed by atoms with Gasteiger partial charge in [-0.25, -0.2) is 13.2 Å². The molecule has 0 saturated carbocycles. The van der Waals surface area contributed by atoms with Crippen molar-refractivity contribution in [2.24, 2.45) is 5.10 Å². The van der Waals surface area contributed by atoms with E-state index in [1.807, 2.05) is 78.9 Å². The molecule has 0 N–H and O–H groups in total. The number of halogens is 3. The van der Waals surface area contributed by atoms with E-state index in [-0.39, 0.29) is 11.5 Å². The summed E-state index contributed by atoms with van der Waals surface area (Å²) >= 11 is 0. The Labute approximate surface area is 242 Å². The highest BCUT2D eigenvalue weighted by atomic mass is 19.1. The molecule has 7 heteroatoms. The van der Waals surface area contributed by atoms with Crippen LogP contribution in [-0.2, 0) is 13.2 Å². The fraction of sp³-hybridized carbons (Fsp3) is 0.114. The molecule has 210 valence electrons. The highest BCUT2D eigenvalue weighted by Gasteiger charge is 2.32. The highest BCUT2D eigenvalue weighted by molar-refractivity contribution is 6.03. The smallest absolute Gasteiger partial charge is 0.162 e. The first-order valence-electron chi connectivity index (χ1n) is 13.6. The quantitative estimate of drug-likeness (QED) is 0.180. The molecule has 0 bridgehead atoms. The zero-order chi connectivity index (χ0) is 28.9. The third-order valence-corrected chi connectivity index (χ3v) is 7.07. The average molecular weight is 565 g/mol. The van der Waals surface area contributed by atoms with Gasteiger partial charge in [-0.05, 0) is 58.7 Å². The lowest BCUT2D eigenvalue weighted by molar-refractivity contribution is 0.255. The molecule has 0 aromatic heterocycles. The van der Waals surface area contributed by atoms with Gasteiger partial charge in [0, 0.05) is 12.5 Å². The van der Waals surface area contributed by atoms with Gasteiger partial charge >= 0.3 is 0 Å². The van der Waals surface area contributed by atoms with Crippen molar-refractivity contribution < 1.29 is 22.6 Å². The SMILES string of the molecule is Fc1ccc(C2=NN(c3ccc(F)cc3F)C(c3ccc(OCc4ccccc4)c(OCc4ccccc4)c3)C2)cc1. The van der Waals surface area contributed by atoms with Crippen molar-refractivity contribution in [3.63, 3.8) is 0 Å². The van der Waals surface area contributed by atoms with Crippen molar-refractivity contribution >= 4 is 11.4 Å². The topological polar surface area (TPSA) is 34.1 Å². The zero-order valence-electron chi connectivity index (χ0n) is 22.6. The van der Waals surface area contributed by atoms with Crippen molar-refractivity contribution in [3.8, 4) is 11.5 Å². The molecule has 0 radical (unpaired) electrons. The Kier molecular flexibility index (Phi) is 7.90. The van der Waals surface area contributed by atoms with Gasteiger partial charge in [0.1, 0.15) is 24.8 Å². The Bertz CT molecular complexity index is 1690. The second-order valence-electron chi connectivity index (χ2n) is 9.97. The van der Waals surface area contributed by atoms with Crippen molar-refractivity contribution in [2.45, 2.75) is 25.7 Å². The second-order valence-corrected chi connectivity index (χ2v) is 9.97. The Morgan fingerprint density at radius 3 is 1.90 bits per heavy atom. The van der Waals surface area contributed by atoms with Gasteiger partial charge in [0.15, 0.2) is 17.3 Å². The van der Waals surface area contributed by atoms with Crippen LogP contribution in [0.25, 0.3) is 0 Å². The first-order valence-corrected chi connectivity index (χ1v) is 13.6. The van der Waals surface area contributed by atoms with E-state index >= 15 is 4.39 Å². The molecule has 0 amide bonds. The second kappa shape index (κ2) is 12.2. The van der Waals surface area contributed by atoms with Gasteiger partial charge in [-0.3, -0.25) is 5.01 Å². The maximum atomic E-state index is 15.0. The molecule has 5 aromatic carbocycles. The predicted octanol–water partition coefficient (Wildman–Crippen LogP) is 8.62. The summed E-state index contributed by atoms with van der Waals surface area (Å²) < 4.78 is 54.9. The van der Waals surface area contributed by atoms with Crippen LogP contribution in [0.5, 0.6) is 11.5 Å². The van der Waals surface area contributed by atoms with E-state index < -0.39 is 17.7 Å². The lowest BCUT2D eigenvalue weighted by Gasteiger charge is -2.25. The lowest BCUT2D eigenvalue weighted by atomic mass is 9.97. The molecular formula is C35H27F3N2O2. The van der Waals surface area contributed by atoms with Crippen LogP contribution >= 0.6 is 0 Å². The van der Waals surface area contributed by atoms with Crippen LogP contribution in [0, 0.1) is 17.5 Å². The zero-order valence-corrected chi connectivity index (χ0v) is 22.6. The van der Waals surface area contributed by atoms with Crippen LogP contribution < -0.4 is 14.5 Å². The number of nitrogens with zero attached hydrogens (tertiary/aromatic N) is 2.